The van der Waals surface area contributed by atoms with Gasteiger partial charge in [0.25, 0.3) is 0 Å². The zero-order chi connectivity index (χ0) is 30.7. The second kappa shape index (κ2) is 14.4. The van der Waals surface area contributed by atoms with Gasteiger partial charge >= 0.3 is 0 Å². The van der Waals surface area contributed by atoms with Crippen LogP contribution in [0.3, 0.4) is 0 Å². The van der Waals surface area contributed by atoms with E-state index in [1.807, 2.05) is 0 Å². The second-order valence-corrected chi connectivity index (χ2v) is 16.8. The van der Waals surface area contributed by atoms with Gasteiger partial charge in [0.2, 0.25) is 0 Å². The first-order valence-electron chi connectivity index (χ1n) is 19.9. The van der Waals surface area contributed by atoms with Gasteiger partial charge in [-0.25, -0.2) is 0 Å². The minimum atomic E-state index is 0.794. The van der Waals surface area contributed by atoms with E-state index in [-0.39, 0.29) is 0 Å². The third kappa shape index (κ3) is 6.54. The Morgan fingerprint density at radius 1 is 0.391 bits per heavy atom. The SMILES string of the molecule is C1=CC2CCC(CC(CC/C=C/CCC(CC3CCC4C=CC=CC43)C3CCC4C=CC=CC43)C3CCC4C=CC=CC43)C2C=C1. The maximum atomic E-state index is 2.62. The van der Waals surface area contributed by atoms with E-state index in [9.17, 15) is 0 Å². The van der Waals surface area contributed by atoms with E-state index in [4.69, 9.17) is 0 Å². The van der Waals surface area contributed by atoms with E-state index in [1.165, 1.54) is 89.9 Å². The third-order valence-corrected chi connectivity index (χ3v) is 14.7. The van der Waals surface area contributed by atoms with Crippen LogP contribution in [0.4, 0.5) is 0 Å². The van der Waals surface area contributed by atoms with E-state index in [0.717, 1.165) is 82.9 Å². The molecule has 14 unspecified atom stereocenters. The Morgan fingerprint density at radius 3 is 1.17 bits per heavy atom. The molecule has 0 amide bonds. The predicted octanol–water partition coefficient (Wildman–Crippen LogP) is 12.2. The Labute approximate surface area is 281 Å². The van der Waals surface area contributed by atoms with Crippen LogP contribution in [0, 0.1) is 82.9 Å². The van der Waals surface area contributed by atoms with Crippen molar-refractivity contribution in [3.8, 4) is 0 Å². The Morgan fingerprint density at radius 2 is 0.739 bits per heavy atom. The molecule has 244 valence electrons. The lowest BCUT2D eigenvalue weighted by molar-refractivity contribution is 0.204. The molecule has 0 aromatic rings. The van der Waals surface area contributed by atoms with Crippen LogP contribution in [-0.2, 0) is 0 Å². The van der Waals surface area contributed by atoms with E-state index in [2.05, 4.69) is 109 Å². The number of rotatable bonds is 12. The third-order valence-electron chi connectivity index (χ3n) is 14.7. The average Bonchev–Trinajstić information content (AvgIpc) is 3.90. The molecule has 4 saturated carbocycles. The van der Waals surface area contributed by atoms with Gasteiger partial charge in [-0.05, 0) is 173 Å². The van der Waals surface area contributed by atoms with E-state index < -0.39 is 0 Å². The van der Waals surface area contributed by atoms with Crippen molar-refractivity contribution < 1.29 is 0 Å². The zero-order valence-electron chi connectivity index (χ0n) is 28.4. The summed E-state index contributed by atoms with van der Waals surface area (Å²) in [6, 6.07) is 0. The standard InChI is InChI=1S/C46H60/c1(3-17-37(45-29-27-35-15-7-11-21-43(35)45)31-39-25-23-33-13-5-9-19-41(33)39)2-4-18-38(46-30-28-36-16-8-12-22-44(36)46)32-40-26-24-34-14-6-10-20-42(34)40/h1-2,5-16,19-22,33-46H,3-4,17-18,23-32H2/b2-1+. The smallest absolute Gasteiger partial charge is 0.0136 e. The summed E-state index contributed by atoms with van der Waals surface area (Å²) in [4.78, 5) is 0. The van der Waals surface area contributed by atoms with Crippen LogP contribution in [0.25, 0.3) is 0 Å². The van der Waals surface area contributed by atoms with Crippen LogP contribution in [0.5, 0.6) is 0 Å². The van der Waals surface area contributed by atoms with Crippen molar-refractivity contribution in [1.82, 2.24) is 0 Å². The lowest BCUT2D eigenvalue weighted by Crippen LogP contribution is -2.25. The Hall–Kier alpha value is -2.34. The van der Waals surface area contributed by atoms with Crippen LogP contribution in [-0.4, -0.2) is 0 Å². The zero-order valence-corrected chi connectivity index (χ0v) is 28.4. The fourth-order valence-corrected chi connectivity index (χ4v) is 12.4. The van der Waals surface area contributed by atoms with Crippen LogP contribution < -0.4 is 0 Å². The first-order valence-corrected chi connectivity index (χ1v) is 19.9. The van der Waals surface area contributed by atoms with Crippen molar-refractivity contribution in [3.05, 3.63) is 109 Å². The monoisotopic (exact) mass is 612 g/mol. The highest BCUT2D eigenvalue weighted by Gasteiger charge is 2.43. The van der Waals surface area contributed by atoms with Gasteiger partial charge < -0.3 is 0 Å². The summed E-state index contributed by atoms with van der Waals surface area (Å²) in [5.74, 6) is 11.7. The lowest BCUT2D eigenvalue weighted by Gasteiger charge is -2.33. The van der Waals surface area contributed by atoms with Crippen molar-refractivity contribution in [1.29, 1.82) is 0 Å². The molecule has 0 aliphatic heterocycles. The highest BCUT2D eigenvalue weighted by atomic mass is 14.5. The molecule has 0 radical (unpaired) electrons. The van der Waals surface area contributed by atoms with Gasteiger partial charge in [0.05, 0.1) is 0 Å². The fraction of sp³-hybridized carbons (Fsp3) is 0.609. The number of fused-ring (bicyclic) bond motifs is 4. The molecular formula is C46H60. The number of hydrogen-bond donors (Lipinski definition) is 0. The largest absolute Gasteiger partial charge is 0.0885 e. The van der Waals surface area contributed by atoms with Crippen molar-refractivity contribution >= 4 is 0 Å². The van der Waals surface area contributed by atoms with Gasteiger partial charge in [-0.1, -0.05) is 109 Å². The lowest BCUT2D eigenvalue weighted by atomic mass is 9.71. The van der Waals surface area contributed by atoms with Crippen LogP contribution >= 0.6 is 0 Å². The molecule has 0 N–H and O–H groups in total. The molecule has 8 aliphatic rings. The van der Waals surface area contributed by atoms with E-state index in [1.54, 1.807) is 0 Å². The highest BCUT2D eigenvalue weighted by Crippen LogP contribution is 2.52. The molecule has 0 nitrogen and oxygen atoms in total. The Kier molecular flexibility index (Phi) is 9.70. The number of allylic oxidation sites excluding steroid dienone is 18. The van der Waals surface area contributed by atoms with Gasteiger partial charge in [-0.15, -0.1) is 0 Å². The molecule has 46 heavy (non-hydrogen) atoms. The van der Waals surface area contributed by atoms with Gasteiger partial charge in [-0.3, -0.25) is 0 Å². The minimum absolute atomic E-state index is 0.794. The molecule has 0 heteroatoms. The van der Waals surface area contributed by atoms with Crippen molar-refractivity contribution in [2.45, 2.75) is 89.9 Å². The first kappa shape index (κ1) is 31.0. The topological polar surface area (TPSA) is 0 Å². The Bertz CT molecular complexity index is 1210. The summed E-state index contributed by atoms with van der Waals surface area (Å²) in [6.07, 6.45) is 63.9. The fourth-order valence-electron chi connectivity index (χ4n) is 12.4. The molecular weight excluding hydrogens is 553 g/mol. The summed E-state index contributed by atoms with van der Waals surface area (Å²) >= 11 is 0. The van der Waals surface area contributed by atoms with Gasteiger partial charge in [0, 0.05) is 0 Å². The van der Waals surface area contributed by atoms with Gasteiger partial charge in [0.15, 0.2) is 0 Å². The Balaban J connectivity index is 0.899. The molecule has 14 atom stereocenters. The molecule has 0 saturated heterocycles. The highest BCUT2D eigenvalue weighted by molar-refractivity contribution is 5.21. The molecule has 8 rings (SSSR count). The number of hydrogen-bond acceptors (Lipinski definition) is 0. The molecule has 0 heterocycles. The predicted molar refractivity (Wildman–Crippen MR) is 196 cm³/mol. The first-order chi connectivity index (χ1) is 22.8. The van der Waals surface area contributed by atoms with Crippen molar-refractivity contribution in [2.75, 3.05) is 0 Å². The molecule has 0 bridgehead atoms. The van der Waals surface area contributed by atoms with E-state index >= 15 is 0 Å². The summed E-state index contributed by atoms with van der Waals surface area (Å²) in [6.45, 7) is 0. The van der Waals surface area contributed by atoms with Gasteiger partial charge in [-0.2, -0.15) is 0 Å². The quantitative estimate of drug-likeness (QED) is 0.192. The average molecular weight is 613 g/mol. The second-order valence-electron chi connectivity index (χ2n) is 16.8. The molecule has 4 fully saturated rings. The minimum Gasteiger partial charge on any atom is -0.0885 e. The summed E-state index contributed by atoms with van der Waals surface area (Å²) < 4.78 is 0. The molecule has 0 aromatic carbocycles. The van der Waals surface area contributed by atoms with Crippen molar-refractivity contribution in [2.24, 2.45) is 82.9 Å². The maximum absolute atomic E-state index is 2.62. The van der Waals surface area contributed by atoms with Crippen molar-refractivity contribution in [3.63, 3.8) is 0 Å². The van der Waals surface area contributed by atoms with Crippen LogP contribution in [0.2, 0.25) is 0 Å². The molecule has 0 aromatic heterocycles. The summed E-state index contributed by atoms with van der Waals surface area (Å²) in [5, 5.41) is 0. The summed E-state index contributed by atoms with van der Waals surface area (Å²) in [7, 11) is 0. The normalized spacial score (nSPS) is 42.5. The van der Waals surface area contributed by atoms with Crippen LogP contribution in [0.15, 0.2) is 109 Å². The summed E-state index contributed by atoms with van der Waals surface area (Å²) in [5.41, 5.74) is 0. The molecule has 8 aliphatic carbocycles. The maximum Gasteiger partial charge on any atom is -0.0136 e. The van der Waals surface area contributed by atoms with E-state index in [0.29, 0.717) is 0 Å². The molecule has 0 spiro atoms. The van der Waals surface area contributed by atoms with Crippen LogP contribution in [0.1, 0.15) is 89.9 Å². The van der Waals surface area contributed by atoms with Gasteiger partial charge in [0.1, 0.15) is 0 Å².